The Hall–Kier alpha value is -2.39. The van der Waals surface area contributed by atoms with Crippen molar-refractivity contribution in [1.29, 1.82) is 5.41 Å². The highest BCUT2D eigenvalue weighted by molar-refractivity contribution is 6.03. The zero-order valence-corrected chi connectivity index (χ0v) is 7.52. The van der Waals surface area contributed by atoms with Crippen molar-refractivity contribution in [2.24, 2.45) is 0 Å². The van der Waals surface area contributed by atoms with E-state index in [9.17, 15) is 10.1 Å². The van der Waals surface area contributed by atoms with Gasteiger partial charge >= 0.3 is 0 Å². The monoisotopic (exact) mass is 199 g/mol. The molecule has 0 radical (unpaired) electrons. The quantitative estimate of drug-likeness (QED) is 0.362. The third-order valence-electron chi connectivity index (χ3n) is 2.61. The lowest BCUT2D eigenvalue weighted by atomic mass is 10.2. The Morgan fingerprint density at radius 3 is 2.87 bits per heavy atom. The lowest BCUT2D eigenvalue weighted by Gasteiger charge is -1.93. The number of hydrogen-bond acceptors (Lipinski definition) is 3. The zero-order chi connectivity index (χ0) is 10.6. The zero-order valence-electron chi connectivity index (χ0n) is 7.52. The summed E-state index contributed by atoms with van der Waals surface area (Å²) in [5.74, 6) is 2.31. The van der Waals surface area contributed by atoms with Crippen LogP contribution in [0.25, 0.3) is 16.3 Å². The van der Waals surface area contributed by atoms with E-state index in [1.807, 2.05) is 6.20 Å². The lowest BCUT2D eigenvalue weighted by molar-refractivity contribution is -0.384. The van der Waals surface area contributed by atoms with Crippen LogP contribution in [0.15, 0.2) is 24.4 Å². The van der Waals surface area contributed by atoms with Gasteiger partial charge in [-0.25, -0.2) is 0 Å². The lowest BCUT2D eigenvalue weighted by Crippen LogP contribution is -2.16. The van der Waals surface area contributed by atoms with Crippen LogP contribution in [0.1, 0.15) is 0 Å². The molecule has 72 valence electrons. The molecule has 0 aliphatic heterocycles. The minimum absolute atomic E-state index is 0.0691. The maximum atomic E-state index is 10.6. The minimum Gasteiger partial charge on any atom is -0.307 e. The second kappa shape index (κ2) is 2.34. The summed E-state index contributed by atoms with van der Waals surface area (Å²) in [6.07, 6.45) is 1.85. The summed E-state index contributed by atoms with van der Waals surface area (Å²) >= 11 is 0. The first-order chi connectivity index (χ1) is 7.22. The van der Waals surface area contributed by atoms with Crippen LogP contribution in [0.5, 0.6) is 0 Å². The molecule has 0 amide bonds. The molecule has 1 N–H and O–H groups in total. The number of nitro benzene ring substituents is 1. The molecule has 0 aliphatic rings. The van der Waals surface area contributed by atoms with Crippen molar-refractivity contribution in [3.63, 3.8) is 0 Å². The van der Waals surface area contributed by atoms with E-state index in [1.165, 1.54) is 12.1 Å². The molecule has 1 aromatic carbocycles. The molecule has 0 fully saturated rings. The number of non-ortho nitro benzene ring substituents is 1. The van der Waals surface area contributed by atoms with Crippen LogP contribution in [-0.2, 0) is 0 Å². The summed E-state index contributed by atoms with van der Waals surface area (Å²) in [6, 6.07) is 4.70. The standard InChI is InChI=1S/C10H5N3O2/c11-4-10-8-5-12(10)9-3-6(13(14)15)1-2-7(8)9/h1-3,5,11H. The van der Waals surface area contributed by atoms with E-state index < -0.39 is 4.92 Å². The van der Waals surface area contributed by atoms with Gasteiger partial charge in [0, 0.05) is 35.0 Å². The third-order valence-corrected chi connectivity index (χ3v) is 2.61. The fraction of sp³-hybridized carbons (Fsp3) is 0. The van der Waals surface area contributed by atoms with Crippen LogP contribution < -0.4 is 5.35 Å². The fourth-order valence-corrected chi connectivity index (χ4v) is 1.89. The van der Waals surface area contributed by atoms with Crippen LogP contribution in [0.4, 0.5) is 5.69 Å². The molecule has 15 heavy (non-hydrogen) atoms. The third kappa shape index (κ3) is 0.800. The summed E-state index contributed by atoms with van der Waals surface area (Å²) in [7, 11) is 0. The van der Waals surface area contributed by atoms with Crippen LogP contribution in [0.2, 0.25) is 0 Å². The van der Waals surface area contributed by atoms with E-state index >= 15 is 0 Å². The molecule has 0 atom stereocenters. The molecule has 2 bridgehead atoms. The molecule has 0 unspecified atom stereocenters. The first-order valence-corrected chi connectivity index (χ1v) is 4.32. The highest BCUT2D eigenvalue weighted by atomic mass is 16.6. The second-order valence-corrected chi connectivity index (χ2v) is 3.34. The van der Waals surface area contributed by atoms with Gasteiger partial charge in [-0.15, -0.1) is 0 Å². The molecule has 0 spiro atoms. The Labute approximate surface area is 83.2 Å². The molecule has 5 nitrogen and oxygen atoms in total. The Bertz CT molecular complexity index is 752. The van der Waals surface area contributed by atoms with Crippen molar-refractivity contribution in [3.05, 3.63) is 39.9 Å². The largest absolute Gasteiger partial charge is 0.307 e. The SMILES string of the molecule is N=C=c1c2cn1c1cc([N+](=O)[O-])ccc21. The number of nitro groups is 1. The number of benzene rings is 1. The number of nitrogens with one attached hydrogen (secondary N) is 1. The predicted octanol–water partition coefficient (Wildman–Crippen LogP) is 1.08. The number of aromatic nitrogens is 1. The maximum absolute atomic E-state index is 10.6. The van der Waals surface area contributed by atoms with Crippen molar-refractivity contribution < 1.29 is 4.92 Å². The van der Waals surface area contributed by atoms with Crippen LogP contribution >= 0.6 is 0 Å². The number of hydrogen-bond donors (Lipinski definition) is 1. The molecule has 4 rings (SSSR count). The van der Waals surface area contributed by atoms with E-state index in [1.54, 1.807) is 10.5 Å². The number of rotatable bonds is 1. The smallest absolute Gasteiger partial charge is 0.271 e. The van der Waals surface area contributed by atoms with Crippen molar-refractivity contribution in [3.8, 4) is 0 Å². The first-order valence-electron chi connectivity index (χ1n) is 4.32. The molecule has 0 saturated carbocycles. The predicted molar refractivity (Wildman–Crippen MR) is 54.8 cm³/mol. The topological polar surface area (TPSA) is 71.4 Å². The maximum Gasteiger partial charge on any atom is 0.271 e. The van der Waals surface area contributed by atoms with Gasteiger partial charge in [-0.05, 0) is 6.07 Å². The van der Waals surface area contributed by atoms with E-state index in [2.05, 4.69) is 5.87 Å². The van der Waals surface area contributed by atoms with Gasteiger partial charge in [-0.1, -0.05) is 0 Å². The minimum atomic E-state index is -0.421. The van der Waals surface area contributed by atoms with Gasteiger partial charge in [0.1, 0.15) is 5.35 Å². The molecular formula is C10H5N3O2. The Morgan fingerprint density at radius 2 is 2.20 bits per heavy atom. The van der Waals surface area contributed by atoms with Gasteiger partial charge in [0.2, 0.25) is 0 Å². The summed E-state index contributed by atoms with van der Waals surface area (Å²) in [5.41, 5.74) is 0.841. The molecule has 5 heteroatoms. The van der Waals surface area contributed by atoms with Gasteiger partial charge in [-0.3, -0.25) is 15.5 Å². The second-order valence-electron chi connectivity index (χ2n) is 3.34. The average Bonchev–Trinajstić information content (AvgIpc) is 2.68. The fourth-order valence-electron chi connectivity index (χ4n) is 1.89. The molecule has 0 aliphatic carbocycles. The van der Waals surface area contributed by atoms with E-state index in [4.69, 9.17) is 5.41 Å². The average molecular weight is 199 g/mol. The van der Waals surface area contributed by atoms with Gasteiger partial charge in [0.25, 0.3) is 5.69 Å². The Kier molecular flexibility index (Phi) is 1.24. The number of nitrogens with zero attached hydrogens (tertiary/aromatic N) is 2. The molecular weight excluding hydrogens is 194 g/mol. The summed E-state index contributed by atoms with van der Waals surface area (Å²) < 4.78 is 1.74. The normalized spacial score (nSPS) is 11.2. The van der Waals surface area contributed by atoms with E-state index in [-0.39, 0.29) is 5.69 Å². The Balaban J connectivity index is 2.50. The van der Waals surface area contributed by atoms with Crippen molar-refractivity contribution in [2.75, 3.05) is 0 Å². The van der Waals surface area contributed by atoms with Gasteiger partial charge in [0.15, 0.2) is 0 Å². The Morgan fingerprint density at radius 1 is 1.40 bits per heavy atom. The van der Waals surface area contributed by atoms with E-state index in [0.717, 1.165) is 16.3 Å². The van der Waals surface area contributed by atoms with Crippen LogP contribution in [-0.4, -0.2) is 15.2 Å². The van der Waals surface area contributed by atoms with Gasteiger partial charge in [-0.2, -0.15) is 0 Å². The summed E-state index contributed by atoms with van der Waals surface area (Å²) in [5, 5.41) is 20.2. The highest BCUT2D eigenvalue weighted by Gasteiger charge is 2.15. The molecule has 3 aromatic heterocycles. The molecule has 3 heterocycles. The van der Waals surface area contributed by atoms with E-state index in [0.29, 0.717) is 5.35 Å². The first kappa shape index (κ1) is 7.96. The van der Waals surface area contributed by atoms with Crippen LogP contribution in [0, 0.1) is 15.5 Å². The summed E-state index contributed by atoms with van der Waals surface area (Å²) in [6.45, 7) is 0. The summed E-state index contributed by atoms with van der Waals surface area (Å²) in [4.78, 5) is 10.2. The van der Waals surface area contributed by atoms with Crippen LogP contribution in [0.3, 0.4) is 0 Å². The van der Waals surface area contributed by atoms with Gasteiger partial charge < -0.3 is 4.40 Å². The molecule has 4 aromatic rings. The highest BCUT2D eigenvalue weighted by Crippen LogP contribution is 2.26. The van der Waals surface area contributed by atoms with Crippen molar-refractivity contribution in [1.82, 2.24) is 4.40 Å². The van der Waals surface area contributed by atoms with Crippen molar-refractivity contribution >= 4 is 27.8 Å². The van der Waals surface area contributed by atoms with Crippen molar-refractivity contribution in [2.45, 2.75) is 0 Å². The molecule has 0 saturated heterocycles. The van der Waals surface area contributed by atoms with Gasteiger partial charge in [0.05, 0.1) is 10.4 Å².